The molecule has 1 aromatic heterocycles. The van der Waals surface area contributed by atoms with E-state index in [9.17, 15) is 10.1 Å². The van der Waals surface area contributed by atoms with Gasteiger partial charge in [-0.15, -0.1) is 0 Å². The second-order valence-electron chi connectivity index (χ2n) is 4.39. The summed E-state index contributed by atoms with van der Waals surface area (Å²) in [6.07, 6.45) is 3.14. The van der Waals surface area contributed by atoms with Crippen molar-refractivity contribution in [3.63, 3.8) is 0 Å². The molecule has 20 heavy (non-hydrogen) atoms. The Balaban J connectivity index is 1.83. The number of hydrogen-bond donors (Lipinski definition) is 1. The van der Waals surface area contributed by atoms with Crippen molar-refractivity contribution in [3.05, 3.63) is 57.8 Å². The number of benzene rings is 1. The number of nitro groups is 1. The predicted octanol–water partition coefficient (Wildman–Crippen LogP) is 2.48. The summed E-state index contributed by atoms with van der Waals surface area (Å²) in [4.78, 5) is 14.7. The van der Waals surface area contributed by atoms with Crippen molar-refractivity contribution in [2.24, 2.45) is 0 Å². The Kier molecular flexibility index (Phi) is 4.84. The predicted molar refractivity (Wildman–Crippen MR) is 74.4 cm³/mol. The van der Waals surface area contributed by atoms with Gasteiger partial charge in [0.25, 0.3) is 5.69 Å². The van der Waals surface area contributed by atoms with Crippen LogP contribution < -0.4 is 5.32 Å². The highest BCUT2D eigenvalue weighted by molar-refractivity contribution is 5.39. The van der Waals surface area contributed by atoms with E-state index in [1.807, 2.05) is 13.0 Å². The molecular formula is C14H17N3O3. The standard InChI is InChI=1S/C14H17N3O3/c1-2-12-9-16-14(20-12)10-15-8-7-11-5-3-4-6-13(11)17(18)19/h3-6,9,15H,2,7-8,10H2,1H3. The smallest absolute Gasteiger partial charge is 0.272 e. The van der Waals surface area contributed by atoms with Gasteiger partial charge in [0.2, 0.25) is 5.89 Å². The number of para-hydroxylation sites is 1. The van der Waals surface area contributed by atoms with Crippen LogP contribution in [0.15, 0.2) is 34.9 Å². The Bertz CT molecular complexity index is 581. The second kappa shape index (κ2) is 6.81. The van der Waals surface area contributed by atoms with E-state index >= 15 is 0 Å². The molecule has 0 fully saturated rings. The average molecular weight is 275 g/mol. The van der Waals surface area contributed by atoms with Gasteiger partial charge in [-0.1, -0.05) is 25.1 Å². The zero-order valence-corrected chi connectivity index (χ0v) is 11.3. The number of rotatable bonds is 7. The highest BCUT2D eigenvalue weighted by Gasteiger charge is 2.11. The molecule has 0 saturated carbocycles. The largest absolute Gasteiger partial charge is 0.444 e. The third-order valence-corrected chi connectivity index (χ3v) is 2.99. The lowest BCUT2D eigenvalue weighted by Crippen LogP contribution is -2.17. The summed E-state index contributed by atoms with van der Waals surface area (Å²) in [6.45, 7) is 3.17. The Hall–Kier alpha value is -2.21. The minimum atomic E-state index is -0.350. The van der Waals surface area contributed by atoms with Crippen LogP contribution in [0.2, 0.25) is 0 Å². The van der Waals surface area contributed by atoms with Crippen LogP contribution in [0, 0.1) is 10.1 Å². The summed E-state index contributed by atoms with van der Waals surface area (Å²) in [5.41, 5.74) is 0.894. The van der Waals surface area contributed by atoms with Crippen molar-refractivity contribution in [1.29, 1.82) is 0 Å². The molecular weight excluding hydrogens is 258 g/mol. The Morgan fingerprint density at radius 1 is 1.40 bits per heavy atom. The van der Waals surface area contributed by atoms with Crippen molar-refractivity contribution in [1.82, 2.24) is 10.3 Å². The minimum Gasteiger partial charge on any atom is -0.444 e. The third-order valence-electron chi connectivity index (χ3n) is 2.99. The van der Waals surface area contributed by atoms with E-state index in [-0.39, 0.29) is 10.6 Å². The molecule has 0 radical (unpaired) electrons. The van der Waals surface area contributed by atoms with E-state index in [0.717, 1.165) is 17.7 Å². The molecule has 0 bridgehead atoms. The van der Waals surface area contributed by atoms with E-state index in [1.54, 1.807) is 18.3 Å². The highest BCUT2D eigenvalue weighted by atomic mass is 16.6. The molecule has 6 heteroatoms. The fraction of sp³-hybridized carbons (Fsp3) is 0.357. The number of nitrogens with zero attached hydrogens (tertiary/aromatic N) is 2. The summed E-state index contributed by atoms with van der Waals surface area (Å²) < 4.78 is 5.47. The Morgan fingerprint density at radius 2 is 2.20 bits per heavy atom. The normalized spacial score (nSPS) is 10.7. The van der Waals surface area contributed by atoms with Crippen LogP contribution in [-0.4, -0.2) is 16.5 Å². The lowest BCUT2D eigenvalue weighted by molar-refractivity contribution is -0.385. The van der Waals surface area contributed by atoms with Gasteiger partial charge in [-0.3, -0.25) is 10.1 Å². The van der Waals surface area contributed by atoms with Gasteiger partial charge in [-0.05, 0) is 13.0 Å². The number of oxazole rings is 1. The van der Waals surface area contributed by atoms with Crippen LogP contribution in [0.5, 0.6) is 0 Å². The molecule has 0 atom stereocenters. The molecule has 0 spiro atoms. The van der Waals surface area contributed by atoms with Gasteiger partial charge in [0.05, 0.1) is 17.7 Å². The quantitative estimate of drug-likeness (QED) is 0.477. The van der Waals surface area contributed by atoms with Crippen molar-refractivity contribution < 1.29 is 9.34 Å². The van der Waals surface area contributed by atoms with Gasteiger partial charge in [0.1, 0.15) is 5.76 Å². The van der Waals surface area contributed by atoms with Crippen LogP contribution in [0.1, 0.15) is 24.1 Å². The van der Waals surface area contributed by atoms with Crippen molar-refractivity contribution in [2.45, 2.75) is 26.3 Å². The van der Waals surface area contributed by atoms with Crippen LogP contribution >= 0.6 is 0 Å². The average Bonchev–Trinajstić information content (AvgIpc) is 2.92. The van der Waals surface area contributed by atoms with Gasteiger partial charge in [-0.25, -0.2) is 4.98 Å². The van der Waals surface area contributed by atoms with Gasteiger partial charge in [-0.2, -0.15) is 0 Å². The molecule has 1 N–H and O–H groups in total. The summed E-state index contributed by atoms with van der Waals surface area (Å²) in [7, 11) is 0. The van der Waals surface area contributed by atoms with Gasteiger partial charge < -0.3 is 9.73 Å². The van der Waals surface area contributed by atoms with Crippen LogP contribution in [-0.2, 0) is 19.4 Å². The lowest BCUT2D eigenvalue weighted by atomic mass is 10.1. The zero-order valence-electron chi connectivity index (χ0n) is 11.3. The fourth-order valence-corrected chi connectivity index (χ4v) is 1.91. The maximum Gasteiger partial charge on any atom is 0.272 e. The third kappa shape index (κ3) is 3.64. The first-order valence-electron chi connectivity index (χ1n) is 6.57. The van der Waals surface area contributed by atoms with Crippen molar-refractivity contribution in [2.75, 3.05) is 6.54 Å². The molecule has 0 aliphatic rings. The Labute approximate surface area is 117 Å². The van der Waals surface area contributed by atoms with Crippen molar-refractivity contribution in [3.8, 4) is 0 Å². The molecule has 0 aliphatic heterocycles. The van der Waals surface area contributed by atoms with Gasteiger partial charge in [0, 0.05) is 18.1 Å². The first-order chi connectivity index (χ1) is 9.70. The van der Waals surface area contributed by atoms with E-state index in [0.29, 0.717) is 25.4 Å². The van der Waals surface area contributed by atoms with Crippen LogP contribution in [0.25, 0.3) is 0 Å². The number of aromatic nitrogens is 1. The first-order valence-corrected chi connectivity index (χ1v) is 6.57. The highest BCUT2D eigenvalue weighted by Crippen LogP contribution is 2.17. The monoisotopic (exact) mass is 275 g/mol. The van der Waals surface area contributed by atoms with E-state index in [1.165, 1.54) is 6.07 Å². The number of aryl methyl sites for hydroxylation is 1. The van der Waals surface area contributed by atoms with Crippen molar-refractivity contribution >= 4 is 5.69 Å². The second-order valence-corrected chi connectivity index (χ2v) is 4.39. The maximum atomic E-state index is 10.9. The molecule has 6 nitrogen and oxygen atoms in total. The number of nitrogens with one attached hydrogen (secondary N) is 1. The molecule has 106 valence electrons. The summed E-state index contributed by atoms with van der Waals surface area (Å²) >= 11 is 0. The molecule has 0 saturated heterocycles. The first kappa shape index (κ1) is 14.2. The topological polar surface area (TPSA) is 81.2 Å². The zero-order chi connectivity index (χ0) is 14.4. The molecule has 0 unspecified atom stereocenters. The molecule has 0 aliphatic carbocycles. The summed E-state index contributed by atoms with van der Waals surface area (Å²) in [6, 6.07) is 6.79. The Morgan fingerprint density at radius 3 is 2.90 bits per heavy atom. The van der Waals surface area contributed by atoms with Gasteiger partial charge >= 0.3 is 0 Å². The molecule has 1 heterocycles. The van der Waals surface area contributed by atoms with E-state index < -0.39 is 0 Å². The molecule has 1 aromatic carbocycles. The van der Waals surface area contributed by atoms with Gasteiger partial charge in [0.15, 0.2) is 0 Å². The maximum absolute atomic E-state index is 10.9. The van der Waals surface area contributed by atoms with Crippen LogP contribution in [0.3, 0.4) is 0 Å². The fourth-order valence-electron chi connectivity index (χ4n) is 1.91. The number of hydrogen-bond acceptors (Lipinski definition) is 5. The summed E-state index contributed by atoms with van der Waals surface area (Å²) in [5, 5.41) is 14.0. The van der Waals surface area contributed by atoms with E-state index in [4.69, 9.17) is 4.42 Å². The number of nitro benzene ring substituents is 1. The lowest BCUT2D eigenvalue weighted by Gasteiger charge is -2.03. The molecule has 0 amide bonds. The molecule has 2 aromatic rings. The summed E-state index contributed by atoms with van der Waals surface area (Å²) in [5.74, 6) is 1.50. The SMILES string of the molecule is CCc1cnc(CNCCc2ccccc2[N+](=O)[O-])o1. The molecule has 2 rings (SSSR count). The van der Waals surface area contributed by atoms with E-state index in [2.05, 4.69) is 10.3 Å². The minimum absolute atomic E-state index is 0.165. The van der Waals surface area contributed by atoms with Crippen LogP contribution in [0.4, 0.5) is 5.69 Å².